The maximum absolute atomic E-state index is 4.42. The summed E-state index contributed by atoms with van der Waals surface area (Å²) in [5.74, 6) is 1.16. The fraction of sp³-hybridized carbons (Fsp3) is 0.786. The van der Waals surface area contributed by atoms with Crippen molar-refractivity contribution in [2.45, 2.75) is 52.2 Å². The molecule has 0 radical (unpaired) electrons. The normalized spacial score (nSPS) is 20.7. The van der Waals surface area contributed by atoms with E-state index in [1.165, 1.54) is 25.9 Å². The summed E-state index contributed by atoms with van der Waals surface area (Å²) >= 11 is 0. The topological polar surface area (TPSA) is 33.1 Å². The number of hydrogen-bond donors (Lipinski definition) is 1. The largest absolute Gasteiger partial charge is 0.334 e. The molecule has 1 saturated heterocycles. The highest BCUT2D eigenvalue weighted by Gasteiger charge is 2.22. The van der Waals surface area contributed by atoms with E-state index in [1.54, 1.807) is 0 Å². The van der Waals surface area contributed by atoms with Gasteiger partial charge in [-0.2, -0.15) is 0 Å². The first-order valence-corrected chi connectivity index (χ1v) is 7.30. The molecular weight excluding hydrogens is 224 g/mol. The third kappa shape index (κ3) is 3.33. The molecule has 2 heterocycles. The predicted molar refractivity (Wildman–Crippen MR) is 74.5 cm³/mol. The Bertz CT molecular complexity index is 347. The van der Waals surface area contributed by atoms with Gasteiger partial charge in [-0.05, 0) is 32.4 Å². The smallest absolute Gasteiger partial charge is 0.122 e. The number of likely N-dealkylation sites (tertiary alicyclic amines) is 1. The SMILES string of the molecule is CCCn1ccnc1CNCC1CCCN1CC. The highest BCUT2D eigenvalue weighted by atomic mass is 15.2. The molecule has 4 nitrogen and oxygen atoms in total. The second-order valence-corrected chi connectivity index (χ2v) is 5.09. The maximum atomic E-state index is 4.42. The van der Waals surface area contributed by atoms with Crippen LogP contribution in [-0.2, 0) is 13.1 Å². The lowest BCUT2D eigenvalue weighted by Gasteiger charge is -2.22. The van der Waals surface area contributed by atoms with Crippen molar-refractivity contribution in [1.82, 2.24) is 19.8 Å². The van der Waals surface area contributed by atoms with Crippen molar-refractivity contribution in [2.75, 3.05) is 19.6 Å². The van der Waals surface area contributed by atoms with E-state index < -0.39 is 0 Å². The van der Waals surface area contributed by atoms with Crippen molar-refractivity contribution in [3.63, 3.8) is 0 Å². The minimum absolute atomic E-state index is 0.726. The molecule has 2 rings (SSSR count). The molecule has 102 valence electrons. The Morgan fingerprint density at radius 3 is 3.11 bits per heavy atom. The van der Waals surface area contributed by atoms with Crippen LogP contribution in [0.4, 0.5) is 0 Å². The fourth-order valence-electron chi connectivity index (χ4n) is 2.84. The van der Waals surface area contributed by atoms with Crippen LogP contribution >= 0.6 is 0 Å². The average Bonchev–Trinajstić information content (AvgIpc) is 2.99. The predicted octanol–water partition coefficient (Wildman–Crippen LogP) is 1.87. The van der Waals surface area contributed by atoms with E-state index in [0.717, 1.165) is 37.9 Å². The van der Waals surface area contributed by atoms with E-state index in [2.05, 4.69) is 39.8 Å². The number of aryl methyl sites for hydroxylation is 1. The minimum atomic E-state index is 0.726. The van der Waals surface area contributed by atoms with Gasteiger partial charge in [0.05, 0.1) is 6.54 Å². The second-order valence-electron chi connectivity index (χ2n) is 5.09. The highest BCUT2D eigenvalue weighted by Crippen LogP contribution is 2.15. The third-order valence-corrected chi connectivity index (χ3v) is 3.83. The first-order valence-electron chi connectivity index (χ1n) is 7.30. The van der Waals surface area contributed by atoms with Crippen LogP contribution in [0.1, 0.15) is 38.9 Å². The number of nitrogens with zero attached hydrogens (tertiary/aromatic N) is 3. The zero-order valence-electron chi connectivity index (χ0n) is 11.7. The van der Waals surface area contributed by atoms with Crippen LogP contribution in [0.5, 0.6) is 0 Å². The summed E-state index contributed by atoms with van der Waals surface area (Å²) in [4.78, 5) is 7.00. The van der Waals surface area contributed by atoms with Crippen LogP contribution in [0.25, 0.3) is 0 Å². The summed E-state index contributed by atoms with van der Waals surface area (Å²) in [5.41, 5.74) is 0. The monoisotopic (exact) mass is 250 g/mol. The Hall–Kier alpha value is -0.870. The quantitative estimate of drug-likeness (QED) is 0.802. The lowest BCUT2D eigenvalue weighted by molar-refractivity contribution is 0.259. The standard InChI is InChI=1S/C14H26N4/c1-3-8-18-10-7-16-14(18)12-15-11-13-6-5-9-17(13)4-2/h7,10,13,15H,3-6,8-9,11-12H2,1-2H3. The molecule has 0 spiro atoms. The molecule has 0 aromatic carbocycles. The van der Waals surface area contributed by atoms with E-state index in [1.807, 2.05) is 6.20 Å². The molecular formula is C14H26N4. The Morgan fingerprint density at radius 1 is 1.44 bits per heavy atom. The van der Waals surface area contributed by atoms with Crippen LogP contribution in [0.2, 0.25) is 0 Å². The summed E-state index contributed by atoms with van der Waals surface area (Å²) < 4.78 is 2.25. The fourth-order valence-corrected chi connectivity index (χ4v) is 2.84. The van der Waals surface area contributed by atoms with Gasteiger partial charge in [-0.1, -0.05) is 13.8 Å². The summed E-state index contributed by atoms with van der Waals surface area (Å²) in [6, 6.07) is 0.726. The summed E-state index contributed by atoms with van der Waals surface area (Å²) in [6.07, 6.45) is 7.83. The zero-order chi connectivity index (χ0) is 12.8. The molecule has 1 aromatic rings. The lowest BCUT2D eigenvalue weighted by Crippen LogP contribution is -2.37. The van der Waals surface area contributed by atoms with Crippen molar-refractivity contribution in [2.24, 2.45) is 0 Å². The Labute approximate surface area is 110 Å². The number of imidazole rings is 1. The maximum Gasteiger partial charge on any atom is 0.122 e. The van der Waals surface area contributed by atoms with Crippen LogP contribution < -0.4 is 5.32 Å². The second kappa shape index (κ2) is 6.90. The van der Waals surface area contributed by atoms with Crippen LogP contribution in [0, 0.1) is 0 Å². The van der Waals surface area contributed by atoms with E-state index in [-0.39, 0.29) is 0 Å². The van der Waals surface area contributed by atoms with Gasteiger partial charge in [-0.25, -0.2) is 4.98 Å². The van der Waals surface area contributed by atoms with Crippen molar-refractivity contribution in [3.05, 3.63) is 18.2 Å². The molecule has 1 atom stereocenters. The number of rotatable bonds is 7. The number of hydrogen-bond acceptors (Lipinski definition) is 3. The van der Waals surface area contributed by atoms with Crippen molar-refractivity contribution in [1.29, 1.82) is 0 Å². The van der Waals surface area contributed by atoms with E-state index >= 15 is 0 Å². The number of aromatic nitrogens is 2. The summed E-state index contributed by atoms with van der Waals surface area (Å²) in [6.45, 7) is 9.96. The molecule has 18 heavy (non-hydrogen) atoms. The molecule has 0 saturated carbocycles. The minimum Gasteiger partial charge on any atom is -0.334 e. The van der Waals surface area contributed by atoms with Crippen molar-refractivity contribution < 1.29 is 0 Å². The van der Waals surface area contributed by atoms with Gasteiger partial charge in [-0.3, -0.25) is 4.90 Å². The van der Waals surface area contributed by atoms with Gasteiger partial charge in [0, 0.05) is 31.5 Å². The first kappa shape index (κ1) is 13.6. The number of nitrogens with one attached hydrogen (secondary N) is 1. The average molecular weight is 250 g/mol. The van der Waals surface area contributed by atoms with E-state index in [0.29, 0.717) is 0 Å². The van der Waals surface area contributed by atoms with Gasteiger partial charge in [0.1, 0.15) is 5.82 Å². The Balaban J connectivity index is 1.76. The van der Waals surface area contributed by atoms with Crippen LogP contribution in [-0.4, -0.2) is 40.1 Å². The molecule has 0 bridgehead atoms. The number of likely N-dealkylation sites (N-methyl/N-ethyl adjacent to an activating group) is 1. The van der Waals surface area contributed by atoms with E-state index in [9.17, 15) is 0 Å². The van der Waals surface area contributed by atoms with Gasteiger partial charge in [0.2, 0.25) is 0 Å². The van der Waals surface area contributed by atoms with Gasteiger partial charge in [0.25, 0.3) is 0 Å². The first-order chi connectivity index (χ1) is 8.85. The molecule has 1 fully saturated rings. The van der Waals surface area contributed by atoms with Gasteiger partial charge >= 0.3 is 0 Å². The van der Waals surface area contributed by atoms with Crippen molar-refractivity contribution >= 4 is 0 Å². The van der Waals surface area contributed by atoms with Crippen LogP contribution in [0.3, 0.4) is 0 Å². The Morgan fingerprint density at radius 2 is 2.33 bits per heavy atom. The summed E-state index contributed by atoms with van der Waals surface area (Å²) in [7, 11) is 0. The zero-order valence-corrected chi connectivity index (χ0v) is 11.7. The molecule has 0 aliphatic carbocycles. The van der Waals surface area contributed by atoms with Gasteiger partial charge < -0.3 is 9.88 Å². The molecule has 1 aliphatic heterocycles. The molecule has 1 N–H and O–H groups in total. The molecule has 4 heteroatoms. The van der Waals surface area contributed by atoms with E-state index in [4.69, 9.17) is 0 Å². The van der Waals surface area contributed by atoms with Crippen molar-refractivity contribution in [3.8, 4) is 0 Å². The lowest BCUT2D eigenvalue weighted by atomic mass is 10.2. The molecule has 0 amide bonds. The summed E-state index contributed by atoms with van der Waals surface area (Å²) in [5, 5.41) is 3.57. The van der Waals surface area contributed by atoms with Gasteiger partial charge in [0.15, 0.2) is 0 Å². The third-order valence-electron chi connectivity index (χ3n) is 3.83. The Kier molecular flexibility index (Phi) is 5.20. The molecule has 1 unspecified atom stereocenters. The molecule has 1 aliphatic rings. The molecule has 1 aromatic heterocycles. The van der Waals surface area contributed by atoms with Gasteiger partial charge in [-0.15, -0.1) is 0 Å². The van der Waals surface area contributed by atoms with Crippen LogP contribution in [0.15, 0.2) is 12.4 Å². The highest BCUT2D eigenvalue weighted by molar-refractivity contribution is 4.92.